The van der Waals surface area contributed by atoms with E-state index in [2.05, 4.69) is 15.3 Å². The Balaban J connectivity index is 1.42. The van der Waals surface area contributed by atoms with E-state index in [4.69, 9.17) is 38.4 Å². The van der Waals surface area contributed by atoms with Gasteiger partial charge in [0.1, 0.15) is 17.6 Å². The van der Waals surface area contributed by atoms with Crippen LogP contribution in [0.2, 0.25) is 10.0 Å². The highest BCUT2D eigenvalue weighted by atomic mass is 35.5. The van der Waals surface area contributed by atoms with Gasteiger partial charge in [-0.25, -0.2) is 0 Å². The van der Waals surface area contributed by atoms with Gasteiger partial charge >= 0.3 is 12.1 Å². The molecule has 0 aliphatic carbocycles. The van der Waals surface area contributed by atoms with Crippen molar-refractivity contribution in [2.75, 3.05) is 30.3 Å². The monoisotopic (exact) mass is 653 g/mol. The molecule has 0 bridgehead atoms. The number of nitrogens with two attached hydrogens (primary N) is 1. The van der Waals surface area contributed by atoms with Gasteiger partial charge in [0.05, 0.1) is 11.1 Å². The molecule has 3 heterocycles. The molecule has 4 N–H and O–H groups in total. The lowest BCUT2D eigenvalue weighted by atomic mass is 9.76. The molecule has 2 fully saturated rings. The Kier molecular flexibility index (Phi) is 9.06. The average Bonchev–Trinajstić information content (AvgIpc) is 3.36. The number of hydrogen-bond donors (Lipinski definition) is 3. The predicted molar refractivity (Wildman–Crippen MR) is 161 cm³/mol. The number of alkyl halides is 3. The summed E-state index contributed by atoms with van der Waals surface area (Å²) in [6.07, 6.45) is -5.53. The Morgan fingerprint density at radius 3 is 2.45 bits per heavy atom. The lowest BCUT2D eigenvalue weighted by Gasteiger charge is -2.39. The van der Waals surface area contributed by atoms with E-state index in [-0.39, 0.29) is 44.5 Å². The molecule has 2 aromatic carbocycles. The summed E-state index contributed by atoms with van der Waals surface area (Å²) >= 11 is 12.6. The summed E-state index contributed by atoms with van der Waals surface area (Å²) in [5, 5.41) is 12.9. The molecule has 1 aromatic heterocycles. The molecule has 5 rings (SSSR count). The standard InChI is InChI=1S/C30H32Cl2F3N5O4/c1-16(2)43-23-6-3-17(11-21(23)32)20-12-18(31)4-5-19(20)26(30(33,34)35)44-25-13-24(38-28(36)39-25)40-9-7-29(8-10-40)14-22(27(41)42)37-15-29/h3-6,11-13,16,22,26,37H,7-10,14-15H2,1-2H3,(H,41,42)(H2,36,38,39). The minimum Gasteiger partial charge on any atom is -0.489 e. The molecule has 14 heteroatoms. The van der Waals surface area contributed by atoms with Crippen molar-refractivity contribution in [1.82, 2.24) is 15.3 Å². The number of carboxylic acids is 1. The van der Waals surface area contributed by atoms with E-state index in [1.54, 1.807) is 12.1 Å². The molecular weight excluding hydrogens is 622 g/mol. The van der Waals surface area contributed by atoms with Crippen LogP contribution in [-0.2, 0) is 4.79 Å². The molecule has 2 saturated heterocycles. The van der Waals surface area contributed by atoms with Crippen molar-refractivity contribution < 1.29 is 32.5 Å². The van der Waals surface area contributed by atoms with Crippen LogP contribution >= 0.6 is 23.2 Å². The smallest absolute Gasteiger partial charge is 0.429 e. The molecule has 1 spiro atoms. The highest BCUT2D eigenvalue weighted by Gasteiger charge is 2.46. The van der Waals surface area contributed by atoms with Crippen LogP contribution in [0, 0.1) is 5.41 Å². The zero-order chi connectivity index (χ0) is 31.8. The van der Waals surface area contributed by atoms with Gasteiger partial charge in [-0.15, -0.1) is 0 Å². The minimum atomic E-state index is -4.85. The van der Waals surface area contributed by atoms with E-state index >= 15 is 0 Å². The van der Waals surface area contributed by atoms with Gasteiger partial charge < -0.3 is 30.5 Å². The molecule has 0 amide bonds. The maximum atomic E-state index is 14.7. The van der Waals surface area contributed by atoms with Crippen LogP contribution in [-0.4, -0.2) is 59.0 Å². The first-order valence-corrected chi connectivity index (χ1v) is 14.8. The van der Waals surface area contributed by atoms with Crippen LogP contribution in [0.15, 0.2) is 42.5 Å². The van der Waals surface area contributed by atoms with Gasteiger partial charge in [0.25, 0.3) is 0 Å². The van der Waals surface area contributed by atoms with Gasteiger partial charge in [-0.05, 0) is 73.9 Å². The molecule has 0 radical (unpaired) electrons. The number of hydrogen-bond acceptors (Lipinski definition) is 8. The van der Waals surface area contributed by atoms with Crippen LogP contribution in [0.25, 0.3) is 11.1 Å². The van der Waals surface area contributed by atoms with E-state index in [9.17, 15) is 23.1 Å². The summed E-state index contributed by atoms with van der Waals surface area (Å²) in [7, 11) is 0. The highest BCUT2D eigenvalue weighted by molar-refractivity contribution is 6.32. The fraction of sp³-hybridized carbons (Fsp3) is 0.433. The molecule has 0 saturated carbocycles. The molecule has 236 valence electrons. The Bertz CT molecular complexity index is 1530. The number of nitrogen functional groups attached to an aromatic ring is 1. The maximum Gasteiger partial charge on any atom is 0.429 e. The first-order chi connectivity index (χ1) is 20.7. The number of benzene rings is 2. The number of aliphatic carboxylic acids is 1. The van der Waals surface area contributed by atoms with Gasteiger partial charge in [-0.1, -0.05) is 35.3 Å². The average molecular weight is 655 g/mol. The zero-order valence-electron chi connectivity index (χ0n) is 24.0. The third-order valence-corrected chi connectivity index (χ3v) is 8.48. The van der Waals surface area contributed by atoms with Crippen LogP contribution in [0.3, 0.4) is 0 Å². The number of aromatic nitrogens is 2. The molecule has 2 aliphatic heterocycles. The van der Waals surface area contributed by atoms with Gasteiger partial charge in [0, 0.05) is 36.3 Å². The van der Waals surface area contributed by atoms with Gasteiger partial charge in [-0.2, -0.15) is 23.1 Å². The van der Waals surface area contributed by atoms with E-state index in [0.717, 1.165) is 0 Å². The number of carbonyl (C=O) groups is 1. The zero-order valence-corrected chi connectivity index (χ0v) is 25.5. The van der Waals surface area contributed by atoms with E-state index in [1.165, 1.54) is 30.3 Å². The number of nitrogens with zero attached hydrogens (tertiary/aromatic N) is 3. The van der Waals surface area contributed by atoms with Crippen LogP contribution in [0.1, 0.15) is 44.8 Å². The Labute approximate surface area is 262 Å². The lowest BCUT2D eigenvalue weighted by Crippen LogP contribution is -2.41. The molecule has 2 unspecified atom stereocenters. The van der Waals surface area contributed by atoms with E-state index < -0.39 is 24.3 Å². The number of piperidine rings is 1. The van der Waals surface area contributed by atoms with Gasteiger partial charge in [0.2, 0.25) is 17.9 Å². The quantitative estimate of drug-likeness (QED) is 0.249. The number of carboxylic acid groups (broad SMARTS) is 1. The fourth-order valence-corrected chi connectivity index (χ4v) is 6.18. The van der Waals surface area contributed by atoms with Crippen LogP contribution < -0.4 is 25.4 Å². The number of ether oxygens (including phenoxy) is 2. The van der Waals surface area contributed by atoms with Crippen LogP contribution in [0.4, 0.5) is 24.9 Å². The van der Waals surface area contributed by atoms with E-state index in [1.807, 2.05) is 18.7 Å². The van der Waals surface area contributed by atoms with Gasteiger partial charge in [-0.3, -0.25) is 4.79 Å². The summed E-state index contributed by atoms with van der Waals surface area (Å²) in [6.45, 7) is 5.30. The van der Waals surface area contributed by atoms with Gasteiger partial charge in [0.15, 0.2) is 0 Å². The summed E-state index contributed by atoms with van der Waals surface area (Å²) in [4.78, 5) is 21.5. The normalized spacial score (nSPS) is 18.9. The molecule has 44 heavy (non-hydrogen) atoms. The van der Waals surface area contributed by atoms with Crippen molar-refractivity contribution in [3.63, 3.8) is 0 Å². The largest absolute Gasteiger partial charge is 0.489 e. The number of rotatable bonds is 8. The Morgan fingerprint density at radius 2 is 1.84 bits per heavy atom. The summed E-state index contributed by atoms with van der Waals surface area (Å²) in [5.41, 5.74) is 6.13. The van der Waals surface area contributed by atoms with Crippen molar-refractivity contribution in [1.29, 1.82) is 0 Å². The second kappa shape index (κ2) is 12.5. The predicted octanol–water partition coefficient (Wildman–Crippen LogP) is 6.54. The Morgan fingerprint density at radius 1 is 1.11 bits per heavy atom. The molecular formula is C30H32Cl2F3N5O4. The van der Waals surface area contributed by atoms with Crippen molar-refractivity contribution in [3.8, 4) is 22.8 Å². The van der Waals surface area contributed by atoms with Crippen molar-refractivity contribution in [2.45, 2.75) is 57.5 Å². The number of anilines is 2. The molecule has 3 aromatic rings. The number of halogens is 5. The summed E-state index contributed by atoms with van der Waals surface area (Å²) < 4.78 is 55.2. The second-order valence-corrected chi connectivity index (χ2v) is 12.3. The third kappa shape index (κ3) is 7.08. The Hall–Kier alpha value is -3.48. The molecule has 2 aliphatic rings. The second-order valence-electron chi connectivity index (χ2n) is 11.5. The minimum absolute atomic E-state index is 0.150. The highest BCUT2D eigenvalue weighted by Crippen LogP contribution is 2.44. The topological polar surface area (TPSA) is 123 Å². The first kappa shape index (κ1) is 31.9. The maximum absolute atomic E-state index is 14.7. The van der Waals surface area contributed by atoms with Crippen LogP contribution in [0.5, 0.6) is 11.6 Å². The first-order valence-electron chi connectivity index (χ1n) is 14.1. The SMILES string of the molecule is CC(C)Oc1ccc(-c2cc(Cl)ccc2C(Oc2cc(N3CCC4(CC3)CNC(C(=O)O)C4)nc(N)n2)C(F)(F)F)cc1Cl. The fourth-order valence-electron chi connectivity index (χ4n) is 5.79. The summed E-state index contributed by atoms with van der Waals surface area (Å²) in [5.74, 6) is -0.735. The van der Waals surface area contributed by atoms with Crippen molar-refractivity contribution in [2.24, 2.45) is 5.41 Å². The number of nitrogens with one attached hydrogen (secondary N) is 1. The van der Waals surface area contributed by atoms with E-state index in [0.29, 0.717) is 56.0 Å². The third-order valence-electron chi connectivity index (χ3n) is 7.95. The van der Waals surface area contributed by atoms with Crippen molar-refractivity contribution in [3.05, 3.63) is 58.1 Å². The molecule has 2 atom stereocenters. The summed E-state index contributed by atoms with van der Waals surface area (Å²) in [6, 6.07) is 9.51. The lowest BCUT2D eigenvalue weighted by molar-refractivity contribution is -0.198. The van der Waals surface area contributed by atoms with Crippen molar-refractivity contribution >= 4 is 40.9 Å². The molecule has 9 nitrogen and oxygen atoms in total.